The average Bonchev–Trinajstić information content (AvgIpc) is 3.34. The van der Waals surface area contributed by atoms with E-state index in [2.05, 4.69) is 32.2 Å². The number of ether oxygens (including phenoxy) is 1. The summed E-state index contributed by atoms with van der Waals surface area (Å²) < 4.78 is 5.67. The molecule has 1 heterocycles. The first-order valence-electron chi connectivity index (χ1n) is 12.7. The minimum absolute atomic E-state index is 0.0348. The van der Waals surface area contributed by atoms with Gasteiger partial charge in [-0.25, -0.2) is 4.98 Å². The molecule has 1 N–H and O–H groups in total. The number of fused-ring (bicyclic) bond motifs is 5. The molecule has 0 aromatic carbocycles. The summed E-state index contributed by atoms with van der Waals surface area (Å²) in [5.41, 5.74) is 3.22. The van der Waals surface area contributed by atoms with Crippen LogP contribution in [0.3, 0.4) is 0 Å². The summed E-state index contributed by atoms with van der Waals surface area (Å²) in [4.78, 5) is 27.7. The number of carboxylic acid groups (broad SMARTS) is 1. The highest BCUT2D eigenvalue weighted by Gasteiger charge is 2.59. The summed E-state index contributed by atoms with van der Waals surface area (Å²) >= 11 is 1.86. The number of nitrogens with zero attached hydrogens (tertiary/aromatic N) is 1. The van der Waals surface area contributed by atoms with Crippen LogP contribution < -0.4 is 0 Å². The summed E-state index contributed by atoms with van der Waals surface area (Å²) in [6, 6.07) is 0. The standard InChI is InChI=1S/C27H37NO4S/c1-16-15-33-25(28-16)22-7-6-20-19-5-4-17-14-18(32-24(31)9-8-23(29)30)10-12-26(17,2)21(19)11-13-27(20,22)3/h4,15,18-22H,5-14H2,1-3H3,(H,29,30)/t18?,19-,20-,21-,22?,26-,27-/m0/s1. The van der Waals surface area contributed by atoms with Gasteiger partial charge in [0.05, 0.1) is 17.8 Å². The zero-order chi connectivity index (χ0) is 23.4. The van der Waals surface area contributed by atoms with E-state index in [-0.39, 0.29) is 30.3 Å². The first-order chi connectivity index (χ1) is 15.7. The molecular formula is C27H37NO4S. The van der Waals surface area contributed by atoms with Gasteiger partial charge in [-0.2, -0.15) is 0 Å². The Morgan fingerprint density at radius 2 is 1.97 bits per heavy atom. The number of esters is 1. The van der Waals surface area contributed by atoms with Crippen LogP contribution in [0.2, 0.25) is 0 Å². The fourth-order valence-electron chi connectivity index (χ4n) is 8.12. The van der Waals surface area contributed by atoms with E-state index in [0.717, 1.165) is 49.1 Å². The predicted molar refractivity (Wildman–Crippen MR) is 128 cm³/mol. The lowest BCUT2D eigenvalue weighted by Crippen LogP contribution is -2.50. The fraction of sp³-hybridized carbons (Fsp3) is 0.741. The highest BCUT2D eigenvalue weighted by Crippen LogP contribution is 2.68. The lowest BCUT2D eigenvalue weighted by atomic mass is 9.47. The van der Waals surface area contributed by atoms with Gasteiger partial charge in [-0.05, 0) is 80.5 Å². The van der Waals surface area contributed by atoms with Crippen LogP contribution in [-0.4, -0.2) is 28.1 Å². The second-order valence-electron chi connectivity index (χ2n) is 11.5. The van der Waals surface area contributed by atoms with Gasteiger partial charge >= 0.3 is 11.9 Å². The van der Waals surface area contributed by atoms with Crippen molar-refractivity contribution in [2.75, 3.05) is 0 Å². The van der Waals surface area contributed by atoms with Gasteiger partial charge in [0, 0.05) is 23.4 Å². The number of carbonyl (C=O) groups is 2. The van der Waals surface area contributed by atoms with Gasteiger partial charge in [-0.1, -0.05) is 25.5 Å². The number of carbonyl (C=O) groups excluding carboxylic acids is 1. The number of thiazole rings is 1. The molecule has 5 nitrogen and oxygen atoms in total. The van der Waals surface area contributed by atoms with Crippen molar-refractivity contribution in [3.8, 4) is 0 Å². The van der Waals surface area contributed by atoms with Gasteiger partial charge < -0.3 is 9.84 Å². The van der Waals surface area contributed by atoms with Crippen molar-refractivity contribution in [1.82, 2.24) is 4.98 Å². The fourth-order valence-corrected chi connectivity index (χ4v) is 9.21. The van der Waals surface area contributed by atoms with Crippen LogP contribution in [0.4, 0.5) is 0 Å². The largest absolute Gasteiger partial charge is 0.481 e. The van der Waals surface area contributed by atoms with Crippen molar-refractivity contribution in [2.45, 2.75) is 97.0 Å². The summed E-state index contributed by atoms with van der Waals surface area (Å²) in [7, 11) is 0. The quantitative estimate of drug-likeness (QED) is 0.404. The topological polar surface area (TPSA) is 76.5 Å². The molecule has 1 aromatic rings. The number of carboxylic acids is 1. The zero-order valence-corrected chi connectivity index (χ0v) is 21.0. The predicted octanol–water partition coefficient (Wildman–Crippen LogP) is 6.27. The minimum Gasteiger partial charge on any atom is -0.481 e. The maximum absolute atomic E-state index is 12.1. The van der Waals surface area contributed by atoms with Crippen molar-refractivity contribution >= 4 is 23.3 Å². The third-order valence-corrected chi connectivity index (χ3v) is 10.9. The molecule has 3 saturated carbocycles. The molecule has 0 aliphatic heterocycles. The lowest BCUT2D eigenvalue weighted by Gasteiger charge is -2.58. The Bertz CT molecular complexity index is 969. The Labute approximate surface area is 201 Å². The van der Waals surface area contributed by atoms with E-state index in [9.17, 15) is 9.59 Å². The second kappa shape index (κ2) is 8.51. The van der Waals surface area contributed by atoms with Gasteiger partial charge in [-0.15, -0.1) is 11.3 Å². The molecule has 180 valence electrons. The van der Waals surface area contributed by atoms with Crippen LogP contribution in [0, 0.1) is 35.5 Å². The molecule has 33 heavy (non-hydrogen) atoms. The van der Waals surface area contributed by atoms with Crippen LogP contribution >= 0.6 is 11.3 Å². The van der Waals surface area contributed by atoms with Crippen molar-refractivity contribution in [2.24, 2.45) is 28.6 Å². The number of aromatic nitrogens is 1. The zero-order valence-electron chi connectivity index (χ0n) is 20.1. The Kier molecular flexibility index (Phi) is 5.95. The van der Waals surface area contributed by atoms with E-state index in [4.69, 9.17) is 14.8 Å². The Morgan fingerprint density at radius 1 is 1.15 bits per heavy atom. The molecule has 1 aromatic heterocycles. The highest BCUT2D eigenvalue weighted by atomic mass is 32.1. The van der Waals surface area contributed by atoms with Crippen molar-refractivity contribution in [3.05, 3.63) is 27.7 Å². The third-order valence-electron chi connectivity index (χ3n) is 9.83. The maximum atomic E-state index is 12.1. The maximum Gasteiger partial charge on any atom is 0.306 e. The SMILES string of the molecule is Cc1csc(C2CC[C@H]3[C@@H]4CC=C5CC(OC(=O)CCC(=O)O)CC[C@]5(C)[C@H]4CC[C@]23C)n1. The van der Waals surface area contributed by atoms with E-state index < -0.39 is 5.97 Å². The van der Waals surface area contributed by atoms with E-state index in [1.807, 2.05) is 11.3 Å². The van der Waals surface area contributed by atoms with Gasteiger partial charge in [0.2, 0.25) is 0 Å². The molecule has 7 atom stereocenters. The van der Waals surface area contributed by atoms with Crippen LogP contribution in [0.5, 0.6) is 0 Å². The first-order valence-corrected chi connectivity index (χ1v) is 13.6. The molecule has 4 aliphatic rings. The molecule has 0 saturated heterocycles. The molecule has 3 fully saturated rings. The van der Waals surface area contributed by atoms with E-state index in [1.54, 1.807) is 0 Å². The van der Waals surface area contributed by atoms with Gasteiger partial charge in [0.15, 0.2) is 0 Å². The number of rotatable bonds is 5. The highest BCUT2D eigenvalue weighted by molar-refractivity contribution is 7.09. The molecule has 5 rings (SSSR count). The molecule has 6 heteroatoms. The van der Waals surface area contributed by atoms with Gasteiger partial charge in [0.1, 0.15) is 6.10 Å². The monoisotopic (exact) mass is 471 g/mol. The molecule has 2 unspecified atom stereocenters. The molecule has 0 amide bonds. The molecule has 0 spiro atoms. The van der Waals surface area contributed by atoms with E-state index in [0.29, 0.717) is 11.3 Å². The van der Waals surface area contributed by atoms with E-state index in [1.165, 1.54) is 36.3 Å². The Balaban J connectivity index is 1.30. The average molecular weight is 472 g/mol. The van der Waals surface area contributed by atoms with Crippen LogP contribution in [0.25, 0.3) is 0 Å². The van der Waals surface area contributed by atoms with Gasteiger partial charge in [0.25, 0.3) is 0 Å². The van der Waals surface area contributed by atoms with Crippen molar-refractivity contribution < 1.29 is 19.4 Å². The molecule has 4 aliphatic carbocycles. The van der Waals surface area contributed by atoms with Crippen LogP contribution in [-0.2, 0) is 14.3 Å². The van der Waals surface area contributed by atoms with Gasteiger partial charge in [-0.3, -0.25) is 9.59 Å². The summed E-state index contributed by atoms with van der Waals surface area (Å²) in [6.07, 6.45) is 11.3. The third kappa shape index (κ3) is 3.96. The number of hydrogen-bond donors (Lipinski definition) is 1. The summed E-state index contributed by atoms with van der Waals surface area (Å²) in [6.45, 7) is 7.13. The normalized spacial score (nSPS) is 39.7. The molecule has 0 bridgehead atoms. The number of allylic oxidation sites excluding steroid dienone is 1. The molecular weight excluding hydrogens is 434 g/mol. The summed E-state index contributed by atoms with van der Waals surface area (Å²) in [5, 5.41) is 12.4. The summed E-state index contributed by atoms with van der Waals surface area (Å²) in [5.74, 6) is 1.53. The van der Waals surface area contributed by atoms with Crippen LogP contribution in [0.15, 0.2) is 17.0 Å². The lowest BCUT2D eigenvalue weighted by molar-refractivity contribution is -0.154. The number of aliphatic carboxylic acids is 1. The van der Waals surface area contributed by atoms with Crippen molar-refractivity contribution in [3.63, 3.8) is 0 Å². The first kappa shape index (κ1) is 23.1. The Morgan fingerprint density at radius 3 is 2.70 bits per heavy atom. The number of hydrogen-bond acceptors (Lipinski definition) is 5. The van der Waals surface area contributed by atoms with E-state index >= 15 is 0 Å². The minimum atomic E-state index is -0.951. The smallest absolute Gasteiger partial charge is 0.306 e. The van der Waals surface area contributed by atoms with Crippen LogP contribution in [0.1, 0.15) is 94.7 Å². The second-order valence-corrected chi connectivity index (χ2v) is 12.4. The van der Waals surface area contributed by atoms with Crippen molar-refractivity contribution in [1.29, 1.82) is 0 Å². The Hall–Kier alpha value is -1.69. The number of aryl methyl sites for hydroxylation is 1. The molecule has 0 radical (unpaired) electrons.